The molecule has 2 aliphatic rings. The second kappa shape index (κ2) is 7.22. The standard InChI is InChI=1S/C20H19N3O4/c24-11-12(25)9-10-27-23-18-14-6-2-4-8-16(14)21-19(18)17-13-5-1-3-7-15(13)22-20(17)26/h1-8,12,21,24-25H,9-11H2,(H,22,26)/b19-17-,23-18+. The van der Waals surface area contributed by atoms with E-state index < -0.39 is 6.10 Å². The molecule has 0 saturated heterocycles. The molecule has 2 aromatic carbocycles. The van der Waals surface area contributed by atoms with Crippen LogP contribution in [-0.2, 0) is 9.63 Å². The predicted molar refractivity (Wildman–Crippen MR) is 102 cm³/mol. The summed E-state index contributed by atoms with van der Waals surface area (Å²) in [6.07, 6.45) is -0.582. The normalized spacial score (nSPS) is 20.1. The van der Waals surface area contributed by atoms with Gasteiger partial charge in [0.1, 0.15) is 12.3 Å². The van der Waals surface area contributed by atoms with Crippen molar-refractivity contribution in [2.45, 2.75) is 12.5 Å². The molecule has 2 heterocycles. The van der Waals surface area contributed by atoms with Crippen LogP contribution >= 0.6 is 0 Å². The van der Waals surface area contributed by atoms with Gasteiger partial charge in [-0.25, -0.2) is 0 Å². The van der Waals surface area contributed by atoms with Crippen molar-refractivity contribution < 1.29 is 19.8 Å². The van der Waals surface area contributed by atoms with E-state index in [4.69, 9.17) is 9.94 Å². The van der Waals surface area contributed by atoms with Gasteiger partial charge in [0.15, 0.2) is 0 Å². The van der Waals surface area contributed by atoms with E-state index in [1.165, 1.54) is 0 Å². The summed E-state index contributed by atoms with van der Waals surface area (Å²) in [5, 5.41) is 28.7. The van der Waals surface area contributed by atoms with Crippen LogP contribution in [0.3, 0.4) is 0 Å². The minimum absolute atomic E-state index is 0.152. The first kappa shape index (κ1) is 17.3. The van der Waals surface area contributed by atoms with Crippen molar-refractivity contribution in [2.24, 2.45) is 5.16 Å². The smallest absolute Gasteiger partial charge is 0.258 e. The van der Waals surface area contributed by atoms with Crippen LogP contribution in [-0.4, -0.2) is 41.1 Å². The number of aliphatic hydroxyl groups excluding tert-OH is 2. The minimum Gasteiger partial charge on any atom is -0.395 e. The first-order chi connectivity index (χ1) is 13.2. The molecule has 4 rings (SSSR count). The number of para-hydroxylation sites is 2. The Labute approximate surface area is 156 Å². The number of aliphatic hydroxyl groups is 2. The summed E-state index contributed by atoms with van der Waals surface area (Å²) in [5.74, 6) is -0.199. The van der Waals surface area contributed by atoms with E-state index >= 15 is 0 Å². The lowest BCUT2D eigenvalue weighted by molar-refractivity contribution is -0.110. The summed E-state index contributed by atoms with van der Waals surface area (Å²) in [6, 6.07) is 15.1. The van der Waals surface area contributed by atoms with Gasteiger partial charge in [-0.05, 0) is 12.1 Å². The highest BCUT2D eigenvalue weighted by molar-refractivity contribution is 6.39. The number of fused-ring (bicyclic) bond motifs is 2. The number of hydrogen-bond donors (Lipinski definition) is 4. The first-order valence-electron chi connectivity index (χ1n) is 8.69. The lowest BCUT2D eigenvalue weighted by Crippen LogP contribution is -2.15. The van der Waals surface area contributed by atoms with Gasteiger partial charge < -0.3 is 25.7 Å². The van der Waals surface area contributed by atoms with Crippen molar-refractivity contribution in [3.8, 4) is 0 Å². The molecule has 27 heavy (non-hydrogen) atoms. The van der Waals surface area contributed by atoms with Crippen molar-refractivity contribution in [2.75, 3.05) is 23.8 Å². The van der Waals surface area contributed by atoms with Gasteiger partial charge >= 0.3 is 0 Å². The van der Waals surface area contributed by atoms with E-state index in [0.29, 0.717) is 17.0 Å². The Morgan fingerprint density at radius 2 is 1.67 bits per heavy atom. The summed E-state index contributed by atoms with van der Waals surface area (Å²) in [6.45, 7) is -0.171. The van der Waals surface area contributed by atoms with E-state index in [2.05, 4.69) is 15.8 Å². The molecule has 0 spiro atoms. The number of carbonyl (C=O) groups is 1. The summed E-state index contributed by atoms with van der Waals surface area (Å²) < 4.78 is 0. The molecule has 0 bridgehead atoms. The Kier molecular flexibility index (Phi) is 4.62. The number of nitrogens with zero attached hydrogens (tertiary/aromatic N) is 1. The van der Waals surface area contributed by atoms with Gasteiger partial charge in [0.2, 0.25) is 0 Å². The molecular weight excluding hydrogens is 346 g/mol. The molecule has 0 radical (unpaired) electrons. The Balaban J connectivity index is 1.73. The molecule has 1 unspecified atom stereocenters. The lowest BCUT2D eigenvalue weighted by atomic mass is 10.0. The number of anilines is 2. The number of oxime groups is 1. The zero-order valence-electron chi connectivity index (χ0n) is 14.5. The van der Waals surface area contributed by atoms with Crippen LogP contribution < -0.4 is 10.6 Å². The van der Waals surface area contributed by atoms with Crippen molar-refractivity contribution in [1.82, 2.24) is 0 Å². The Bertz CT molecular complexity index is 952. The molecule has 4 N–H and O–H groups in total. The van der Waals surface area contributed by atoms with Gasteiger partial charge in [-0.2, -0.15) is 0 Å². The van der Waals surface area contributed by atoms with Gasteiger partial charge in [0, 0.05) is 28.9 Å². The van der Waals surface area contributed by atoms with Crippen LogP contribution in [0.4, 0.5) is 11.4 Å². The maximum Gasteiger partial charge on any atom is 0.258 e. The average molecular weight is 365 g/mol. The molecule has 1 amide bonds. The fourth-order valence-electron chi connectivity index (χ4n) is 3.16. The van der Waals surface area contributed by atoms with Crippen LogP contribution in [0.1, 0.15) is 17.5 Å². The summed E-state index contributed by atoms with van der Waals surface area (Å²) >= 11 is 0. The highest BCUT2D eigenvalue weighted by Gasteiger charge is 2.34. The zero-order chi connectivity index (χ0) is 18.8. The van der Waals surface area contributed by atoms with Crippen LogP contribution in [0, 0.1) is 0 Å². The van der Waals surface area contributed by atoms with Gasteiger partial charge in [-0.1, -0.05) is 41.6 Å². The second-order valence-corrected chi connectivity index (χ2v) is 6.32. The maximum absolute atomic E-state index is 12.6. The van der Waals surface area contributed by atoms with E-state index in [1.807, 2.05) is 48.5 Å². The molecule has 0 aliphatic carbocycles. The third kappa shape index (κ3) is 3.18. The van der Waals surface area contributed by atoms with Gasteiger partial charge in [0.05, 0.1) is 24.0 Å². The molecule has 2 aromatic rings. The molecule has 0 fully saturated rings. The summed E-state index contributed by atoms with van der Waals surface area (Å²) in [5.41, 5.74) is 4.87. The Morgan fingerprint density at radius 1 is 1.00 bits per heavy atom. The molecule has 7 nitrogen and oxygen atoms in total. The van der Waals surface area contributed by atoms with Crippen LogP contribution in [0.25, 0.3) is 5.57 Å². The monoisotopic (exact) mass is 365 g/mol. The van der Waals surface area contributed by atoms with Gasteiger partial charge in [-0.3, -0.25) is 4.79 Å². The quantitative estimate of drug-likeness (QED) is 0.368. The number of hydrogen-bond acceptors (Lipinski definition) is 6. The van der Waals surface area contributed by atoms with Crippen LogP contribution in [0.15, 0.2) is 59.4 Å². The molecule has 2 aliphatic heterocycles. The van der Waals surface area contributed by atoms with E-state index in [9.17, 15) is 9.90 Å². The lowest BCUT2D eigenvalue weighted by Gasteiger charge is -2.08. The van der Waals surface area contributed by atoms with E-state index in [1.54, 1.807) is 0 Å². The van der Waals surface area contributed by atoms with Crippen LogP contribution in [0.5, 0.6) is 0 Å². The van der Waals surface area contributed by atoms with E-state index in [-0.39, 0.29) is 25.5 Å². The molecule has 138 valence electrons. The average Bonchev–Trinajstić information content (AvgIpc) is 3.21. The molecular formula is C20H19N3O4. The molecule has 0 aromatic heterocycles. The predicted octanol–water partition coefficient (Wildman–Crippen LogP) is 1.94. The SMILES string of the molecule is O=C1Nc2ccccc2/C1=C1/Nc2ccccc2/C1=N\OCCC(O)CO. The van der Waals surface area contributed by atoms with Crippen LogP contribution in [0.2, 0.25) is 0 Å². The maximum atomic E-state index is 12.6. The molecule has 7 heteroatoms. The second-order valence-electron chi connectivity index (χ2n) is 6.32. The third-order valence-electron chi connectivity index (χ3n) is 4.51. The number of amides is 1. The largest absolute Gasteiger partial charge is 0.395 e. The highest BCUT2D eigenvalue weighted by Crippen LogP contribution is 2.38. The Hall–Kier alpha value is -3.16. The fourth-order valence-corrected chi connectivity index (χ4v) is 3.16. The number of rotatable bonds is 5. The Morgan fingerprint density at radius 3 is 2.41 bits per heavy atom. The highest BCUT2D eigenvalue weighted by atomic mass is 16.6. The number of nitrogens with one attached hydrogen (secondary N) is 2. The van der Waals surface area contributed by atoms with E-state index in [0.717, 1.165) is 22.5 Å². The van der Waals surface area contributed by atoms with Crippen molar-refractivity contribution in [1.29, 1.82) is 0 Å². The number of carbonyl (C=O) groups excluding carboxylic acids is 1. The number of benzene rings is 2. The summed E-state index contributed by atoms with van der Waals surface area (Å²) in [4.78, 5) is 18.0. The molecule has 0 saturated carbocycles. The van der Waals surface area contributed by atoms with Crippen molar-refractivity contribution in [3.05, 3.63) is 65.4 Å². The van der Waals surface area contributed by atoms with Gasteiger partial charge in [-0.15, -0.1) is 0 Å². The minimum atomic E-state index is -0.843. The number of allylic oxidation sites excluding steroid dienone is 1. The topological polar surface area (TPSA) is 103 Å². The zero-order valence-corrected chi connectivity index (χ0v) is 14.5. The van der Waals surface area contributed by atoms with Crippen molar-refractivity contribution in [3.63, 3.8) is 0 Å². The van der Waals surface area contributed by atoms with Gasteiger partial charge in [0.25, 0.3) is 5.91 Å². The fraction of sp³-hybridized carbons (Fsp3) is 0.200. The van der Waals surface area contributed by atoms with Crippen molar-refractivity contribution >= 4 is 28.6 Å². The third-order valence-corrected chi connectivity index (χ3v) is 4.51. The first-order valence-corrected chi connectivity index (χ1v) is 8.69. The molecule has 1 atom stereocenters. The summed E-state index contributed by atoms with van der Waals surface area (Å²) in [7, 11) is 0.